The largest absolute Gasteiger partial charge is 0 e. The minimum atomic E-state index is -0.583. The number of cyclic esters (lactones) is 2. The van der Waals surface area contributed by atoms with Crippen molar-refractivity contribution in [3.8, 4) is 6.07 Å². The summed E-state index contributed by atoms with van der Waals surface area (Å²) >= 11 is 4.74. The van der Waals surface area contributed by atoms with Crippen molar-refractivity contribution in [2.45, 2.75) is 58.3 Å². The summed E-state index contributed by atoms with van der Waals surface area (Å²) in [6.45, 7) is 12.6. The topological polar surface area (TPSA) is 209 Å². The summed E-state index contributed by atoms with van der Waals surface area (Å²) < 4.78 is 38.1. The molecule has 8 rings (SSSR count). The number of nitrogens with one attached hydrogen (secondary N) is 1. The van der Waals surface area contributed by atoms with E-state index < -0.39 is 18.0 Å². The van der Waals surface area contributed by atoms with Gasteiger partial charge in [-0.3, -0.25) is 34.2 Å². The van der Waals surface area contributed by atoms with Crippen LogP contribution in [0.2, 0.25) is 0 Å². The zero-order valence-corrected chi connectivity index (χ0v) is 43.7. The number of anilines is 4. The predicted octanol–water partition coefficient (Wildman–Crippen LogP) is 6.96. The summed E-state index contributed by atoms with van der Waals surface area (Å²) in [5.41, 5.74) is 11.7. The number of nitrogens with two attached hydrogens (primary N) is 1. The van der Waals surface area contributed by atoms with E-state index in [1.807, 2.05) is 0 Å². The fourth-order valence-corrected chi connectivity index (χ4v) is 7.46. The van der Waals surface area contributed by atoms with Crippen LogP contribution >= 0.6 is 40.0 Å². The van der Waals surface area contributed by atoms with Gasteiger partial charge < -0.3 is 30.3 Å². The number of carbonyl (C=O) groups excluding carboxylic acids is 5. The van der Waals surface area contributed by atoms with Crippen molar-refractivity contribution >= 4 is 98.7 Å². The van der Waals surface area contributed by atoms with E-state index in [0.717, 1.165) is 5.56 Å². The van der Waals surface area contributed by atoms with Gasteiger partial charge in [-0.05, 0) is 75.2 Å². The van der Waals surface area contributed by atoms with Crippen LogP contribution in [-0.2, 0) is 66.5 Å². The third kappa shape index (κ3) is 13.3. The Morgan fingerprint density at radius 1 is 0.896 bits per heavy atom. The second kappa shape index (κ2) is 25.6. The Morgan fingerprint density at radius 2 is 1.42 bits per heavy atom. The third-order valence-corrected chi connectivity index (χ3v) is 10.9. The smallest absolute Gasteiger partial charge is 0 e. The SMILES string of the molecule is CN1C(=O)Cc2ccc(F)c(C=O)c21.Cc1ncc(N2CC(CCNCc3c(F)ccc4c3N(C)C(=O)C4)OC2=O)cc1C#N.[C-]#[N+]c1cc(N2CC(CCN)OC2=O)cnc1C.[I][V][I].[V]. The van der Waals surface area contributed by atoms with Crippen LogP contribution in [0.15, 0.2) is 48.8 Å². The van der Waals surface area contributed by atoms with Crippen LogP contribution in [0.3, 0.4) is 0 Å². The van der Waals surface area contributed by atoms with Crippen LogP contribution in [0.4, 0.5) is 46.8 Å². The molecule has 0 spiro atoms. The standard InChI is InChI=1S/C22H22FN5O3.C12H14N4O2.C10H8FNO2.2HI.2V/c1-13-15(9-24)7-16(10-26-13)28-12-17(31-22(28)30)5-6-25-11-18-19(23)4-3-14-8-20(29)27(2)21(14)18;1-8-11(14-2)5-9(6-15-8)16-7-10(3-4-13)18-12(16)17;1-12-9(14)4-6-2-3-8(11)7(5-13)10(6)12;;;;/h3-4,7,10,17,25H,5-6,8,11-12H2,1-2H3;5-6,10H,3-4,7,13H2,1H3;2-3,5H,4H2,1H3;2*1H;;/q;;;;;;+2/p-2. The number of halogens is 4. The Morgan fingerprint density at radius 3 is 1.97 bits per heavy atom. The molecule has 6 heterocycles. The second-order valence-corrected chi connectivity index (χ2v) is 26.9. The molecule has 4 aliphatic heterocycles. The molecule has 350 valence electrons. The molecule has 0 bridgehead atoms. The Labute approximate surface area is 427 Å². The summed E-state index contributed by atoms with van der Waals surface area (Å²) in [6, 6.07) is 11.1. The number of rotatable bonds is 10. The van der Waals surface area contributed by atoms with E-state index in [0.29, 0.717) is 111 Å². The number of hydrogen-bond donors (Lipinski definition) is 2. The molecule has 4 aliphatic rings. The van der Waals surface area contributed by atoms with Gasteiger partial charge in [0, 0.05) is 56.7 Å². The normalized spacial score (nSPS) is 16.4. The average molecular weight is 1220 g/mol. The number of aldehydes is 1. The number of pyridine rings is 2. The van der Waals surface area contributed by atoms with Crippen LogP contribution in [0, 0.1) is 43.4 Å². The number of hydrogen-bond acceptors (Lipinski definition) is 12. The number of amides is 4. The van der Waals surface area contributed by atoms with Crippen LogP contribution < -0.4 is 30.7 Å². The molecule has 2 saturated heterocycles. The number of fused-ring (bicyclic) bond motifs is 2. The number of likely N-dealkylation sites (N-methyl/N-ethyl adjacent to an activating group) is 2. The molecule has 2 fully saturated rings. The number of benzene rings is 2. The molecule has 23 heteroatoms. The van der Waals surface area contributed by atoms with Gasteiger partial charge in [-0.2, -0.15) is 5.26 Å². The van der Waals surface area contributed by atoms with E-state index >= 15 is 0 Å². The average Bonchev–Trinajstić information content (AvgIpc) is 4.03. The van der Waals surface area contributed by atoms with Crippen molar-refractivity contribution in [3.05, 3.63) is 111 Å². The Hall–Kier alpha value is -4.72. The fraction of sp³-hybridized carbons (Fsp3) is 0.341. The van der Waals surface area contributed by atoms with E-state index in [4.69, 9.17) is 27.0 Å². The molecule has 4 amide bonds. The first kappa shape index (κ1) is 54.9. The van der Waals surface area contributed by atoms with Gasteiger partial charge in [0.15, 0.2) is 6.29 Å². The van der Waals surface area contributed by atoms with Crippen LogP contribution in [0.5, 0.6) is 0 Å². The van der Waals surface area contributed by atoms with Gasteiger partial charge in [0.1, 0.15) is 29.9 Å². The maximum atomic E-state index is 14.4. The summed E-state index contributed by atoms with van der Waals surface area (Å²) in [4.78, 5) is 75.3. The number of nitriles is 1. The van der Waals surface area contributed by atoms with E-state index in [-0.39, 0.29) is 73.3 Å². The summed E-state index contributed by atoms with van der Waals surface area (Å²) in [7, 11) is 3.82. The number of carbonyl (C=O) groups is 5. The maximum Gasteiger partial charge on any atom is 0 e. The first-order valence-electron chi connectivity index (χ1n) is 20.2. The van der Waals surface area contributed by atoms with Gasteiger partial charge in [-0.15, -0.1) is 0 Å². The van der Waals surface area contributed by atoms with Crippen molar-refractivity contribution in [3.63, 3.8) is 0 Å². The van der Waals surface area contributed by atoms with E-state index in [1.165, 1.54) is 31.7 Å². The van der Waals surface area contributed by atoms with Crippen LogP contribution in [-0.4, -0.2) is 92.7 Å². The van der Waals surface area contributed by atoms with E-state index in [1.54, 1.807) is 64.6 Å². The van der Waals surface area contributed by atoms with Gasteiger partial charge >= 0.3 is 61.6 Å². The minimum Gasteiger partial charge on any atom is 0 e. The number of aryl methyl sites for hydroxylation is 2. The van der Waals surface area contributed by atoms with Crippen molar-refractivity contribution in [2.75, 3.05) is 59.9 Å². The molecule has 2 aromatic heterocycles. The molecule has 0 saturated carbocycles. The zero-order valence-electron chi connectivity index (χ0n) is 36.6. The van der Waals surface area contributed by atoms with E-state index in [9.17, 15) is 32.8 Å². The fourth-order valence-electron chi connectivity index (χ4n) is 7.46. The maximum absolute atomic E-state index is 14.4. The van der Waals surface area contributed by atoms with Crippen LogP contribution in [0.1, 0.15) is 56.8 Å². The molecule has 2 atom stereocenters. The number of ether oxygens (including phenoxy) is 2. The molecule has 1 radical (unpaired) electrons. The van der Waals surface area contributed by atoms with Gasteiger partial charge in [0.25, 0.3) is 0 Å². The summed E-state index contributed by atoms with van der Waals surface area (Å²) in [6.07, 6.45) is 3.88. The summed E-state index contributed by atoms with van der Waals surface area (Å²) in [5, 5.41) is 12.4. The summed E-state index contributed by atoms with van der Waals surface area (Å²) in [5.74, 6) is -1.11. The molecular formula is C44H44F2I2N10O7V2. The van der Waals surface area contributed by atoms with Gasteiger partial charge in [0.2, 0.25) is 17.5 Å². The molecular weight excluding hydrogens is 1170 g/mol. The second-order valence-electron chi connectivity index (χ2n) is 15.1. The Balaban J connectivity index is 0.000000231. The Kier molecular flexibility index (Phi) is 21.0. The molecule has 0 aliphatic carbocycles. The first-order chi connectivity index (χ1) is 31.6. The Bertz CT molecular complexity index is 2600. The molecule has 2 aromatic carbocycles. The van der Waals surface area contributed by atoms with E-state index in [2.05, 4.69) is 66.2 Å². The van der Waals surface area contributed by atoms with Crippen molar-refractivity contribution in [1.29, 1.82) is 5.26 Å². The molecule has 2 unspecified atom stereocenters. The minimum absolute atomic E-state index is 0. The van der Waals surface area contributed by atoms with Crippen molar-refractivity contribution in [2.24, 2.45) is 5.73 Å². The molecule has 67 heavy (non-hydrogen) atoms. The number of aromatic nitrogens is 2. The molecule has 17 nitrogen and oxygen atoms in total. The monoisotopic (exact) mass is 1220 g/mol. The quantitative estimate of drug-likeness (QED) is 0.0715. The van der Waals surface area contributed by atoms with Gasteiger partial charge in [-0.1, -0.05) is 12.1 Å². The third-order valence-electron chi connectivity index (χ3n) is 10.9. The van der Waals surface area contributed by atoms with Crippen molar-refractivity contribution in [1.82, 2.24) is 15.3 Å². The first-order valence-corrected chi connectivity index (χ1v) is 29.2. The van der Waals surface area contributed by atoms with Crippen LogP contribution in [0.25, 0.3) is 4.85 Å². The zero-order chi connectivity index (χ0) is 48.2. The number of nitrogens with zero attached hydrogens (tertiary/aromatic N) is 8. The van der Waals surface area contributed by atoms with Gasteiger partial charge in [-0.25, -0.2) is 23.2 Å². The van der Waals surface area contributed by atoms with Gasteiger partial charge in [0.05, 0.1) is 78.3 Å². The molecule has 3 N–H and O–H groups in total. The molecule has 4 aromatic rings. The van der Waals surface area contributed by atoms with Crippen molar-refractivity contribution < 1.29 is 70.2 Å². The predicted molar refractivity (Wildman–Crippen MR) is 255 cm³/mol.